The third-order valence-electron chi connectivity index (χ3n) is 4.78. The van der Waals surface area contributed by atoms with Gasteiger partial charge >= 0.3 is 0 Å². The highest BCUT2D eigenvalue weighted by Crippen LogP contribution is 2.30. The molecule has 32 heavy (non-hydrogen) atoms. The molecule has 1 N–H and O–H groups in total. The average molecular weight is 475 g/mol. The molecule has 0 atom stereocenters. The maximum atomic E-state index is 13.1. The van der Waals surface area contributed by atoms with Gasteiger partial charge in [0.25, 0.3) is 5.91 Å². The molecule has 0 aromatic heterocycles. The Morgan fingerprint density at radius 1 is 1.00 bits per heavy atom. The van der Waals surface area contributed by atoms with Crippen LogP contribution < -0.4 is 14.8 Å². The molecule has 0 radical (unpaired) electrons. The van der Waals surface area contributed by atoms with Crippen LogP contribution in [0, 0.1) is 0 Å². The summed E-state index contributed by atoms with van der Waals surface area (Å²) in [6.07, 6.45) is 0. The Balaban J connectivity index is 1.85. The fourth-order valence-electron chi connectivity index (χ4n) is 3.02. The Morgan fingerprint density at radius 3 is 2.34 bits per heavy atom. The number of methoxy groups -OCH3 is 2. The highest BCUT2D eigenvalue weighted by atomic mass is 35.5. The van der Waals surface area contributed by atoms with Gasteiger partial charge in [0.05, 0.1) is 24.8 Å². The first-order valence-electron chi connectivity index (χ1n) is 9.59. The topological polar surface area (TPSA) is 84.9 Å². The van der Waals surface area contributed by atoms with E-state index in [1.165, 1.54) is 42.7 Å². The van der Waals surface area contributed by atoms with Crippen molar-refractivity contribution >= 4 is 33.2 Å². The minimum atomic E-state index is -3.83. The number of carbonyl (C=O) groups excluding carboxylic acids is 1. The Kier molecular flexibility index (Phi) is 7.40. The number of halogens is 1. The van der Waals surface area contributed by atoms with Crippen molar-refractivity contribution < 1.29 is 22.7 Å². The van der Waals surface area contributed by atoms with E-state index in [4.69, 9.17) is 21.1 Å². The number of nitrogens with one attached hydrogen (secondary N) is 1. The lowest BCUT2D eigenvalue weighted by Crippen LogP contribution is -2.26. The SMILES string of the molecule is COc1ccc(CN(C)S(=O)(=O)c2ccc(OC)c(NC(=O)c3cccc(Cl)c3)c2)cc1. The molecule has 3 aromatic carbocycles. The summed E-state index contributed by atoms with van der Waals surface area (Å²) in [5.74, 6) is 0.582. The molecule has 7 nitrogen and oxygen atoms in total. The highest BCUT2D eigenvalue weighted by Gasteiger charge is 2.23. The molecule has 0 spiro atoms. The molecule has 3 aromatic rings. The van der Waals surface area contributed by atoms with Crippen molar-refractivity contribution in [1.29, 1.82) is 0 Å². The second kappa shape index (κ2) is 10.0. The summed E-state index contributed by atoms with van der Waals surface area (Å²) < 4.78 is 37.9. The first-order valence-corrected chi connectivity index (χ1v) is 11.4. The zero-order valence-corrected chi connectivity index (χ0v) is 19.4. The molecular formula is C23H23ClN2O5S. The quantitative estimate of drug-likeness (QED) is 0.522. The summed E-state index contributed by atoms with van der Waals surface area (Å²) in [5.41, 5.74) is 1.38. The number of hydrogen-bond acceptors (Lipinski definition) is 5. The van der Waals surface area contributed by atoms with E-state index in [1.54, 1.807) is 49.6 Å². The van der Waals surface area contributed by atoms with Gasteiger partial charge < -0.3 is 14.8 Å². The molecule has 0 bridgehead atoms. The van der Waals surface area contributed by atoms with Crippen LogP contribution in [-0.2, 0) is 16.6 Å². The van der Waals surface area contributed by atoms with Crippen molar-refractivity contribution in [2.24, 2.45) is 0 Å². The molecule has 0 aliphatic heterocycles. The van der Waals surface area contributed by atoms with Crippen molar-refractivity contribution in [3.63, 3.8) is 0 Å². The van der Waals surface area contributed by atoms with Crippen molar-refractivity contribution in [2.45, 2.75) is 11.4 Å². The zero-order valence-electron chi connectivity index (χ0n) is 17.8. The lowest BCUT2D eigenvalue weighted by atomic mass is 10.2. The summed E-state index contributed by atoms with van der Waals surface area (Å²) >= 11 is 5.96. The van der Waals surface area contributed by atoms with Gasteiger partial charge in [0, 0.05) is 24.2 Å². The maximum absolute atomic E-state index is 13.1. The Bertz CT molecular complexity index is 1210. The van der Waals surface area contributed by atoms with Crippen molar-refractivity contribution in [3.05, 3.63) is 82.9 Å². The normalized spacial score (nSPS) is 11.3. The molecule has 9 heteroatoms. The third kappa shape index (κ3) is 5.40. The molecule has 0 unspecified atom stereocenters. The zero-order chi connectivity index (χ0) is 23.3. The van der Waals surface area contributed by atoms with Gasteiger partial charge in [-0.3, -0.25) is 4.79 Å². The number of ether oxygens (including phenoxy) is 2. The lowest BCUT2D eigenvalue weighted by Gasteiger charge is -2.19. The van der Waals surface area contributed by atoms with Crippen LogP contribution in [0.25, 0.3) is 0 Å². The Morgan fingerprint density at radius 2 is 1.72 bits per heavy atom. The molecular weight excluding hydrogens is 452 g/mol. The molecule has 0 heterocycles. The van der Waals surface area contributed by atoms with Gasteiger partial charge in [0.2, 0.25) is 10.0 Å². The third-order valence-corrected chi connectivity index (χ3v) is 6.81. The molecule has 0 fully saturated rings. The second-order valence-electron chi connectivity index (χ2n) is 6.94. The summed E-state index contributed by atoms with van der Waals surface area (Å²) in [4.78, 5) is 12.7. The largest absolute Gasteiger partial charge is 0.497 e. The molecule has 168 valence electrons. The summed E-state index contributed by atoms with van der Waals surface area (Å²) in [7, 11) is 0.667. The summed E-state index contributed by atoms with van der Waals surface area (Å²) in [5, 5.41) is 3.12. The van der Waals surface area contributed by atoms with Gasteiger partial charge in [-0.05, 0) is 54.1 Å². The standard InChI is InChI=1S/C23H23ClN2O5S/c1-26(15-16-7-9-19(30-2)10-8-16)32(28,29)20-11-12-22(31-3)21(14-20)25-23(27)17-5-4-6-18(24)13-17/h4-14H,15H2,1-3H3,(H,25,27). The maximum Gasteiger partial charge on any atom is 0.255 e. The van der Waals surface area contributed by atoms with E-state index < -0.39 is 15.9 Å². The van der Waals surface area contributed by atoms with Gasteiger partial charge in [0.1, 0.15) is 11.5 Å². The van der Waals surface area contributed by atoms with Crippen LogP contribution in [0.4, 0.5) is 5.69 Å². The van der Waals surface area contributed by atoms with Crippen LogP contribution in [-0.4, -0.2) is 39.9 Å². The fraction of sp³-hybridized carbons (Fsp3) is 0.174. The minimum Gasteiger partial charge on any atom is -0.497 e. The van der Waals surface area contributed by atoms with Gasteiger partial charge in [0.15, 0.2) is 0 Å². The summed E-state index contributed by atoms with van der Waals surface area (Å²) in [6, 6.07) is 17.9. The van der Waals surface area contributed by atoms with Crippen LogP contribution >= 0.6 is 11.6 Å². The van der Waals surface area contributed by atoms with Crippen LogP contribution in [0.3, 0.4) is 0 Å². The van der Waals surface area contributed by atoms with E-state index in [1.807, 2.05) is 0 Å². The van der Waals surface area contributed by atoms with Gasteiger partial charge in [-0.1, -0.05) is 29.8 Å². The minimum absolute atomic E-state index is 0.0238. The van der Waals surface area contributed by atoms with Crippen LogP contribution in [0.15, 0.2) is 71.6 Å². The average Bonchev–Trinajstić information content (AvgIpc) is 2.79. The van der Waals surface area contributed by atoms with Crippen molar-refractivity contribution in [2.75, 3.05) is 26.6 Å². The summed E-state index contributed by atoms with van der Waals surface area (Å²) in [6.45, 7) is 0.169. The monoisotopic (exact) mass is 474 g/mol. The lowest BCUT2D eigenvalue weighted by molar-refractivity contribution is 0.102. The number of anilines is 1. The molecule has 0 aliphatic rings. The number of carbonyl (C=O) groups is 1. The number of nitrogens with zero attached hydrogens (tertiary/aromatic N) is 1. The van der Waals surface area contributed by atoms with E-state index in [9.17, 15) is 13.2 Å². The number of rotatable bonds is 8. The Hall–Kier alpha value is -3.07. The Labute approximate surface area is 192 Å². The molecule has 0 aliphatic carbocycles. The number of amides is 1. The van der Waals surface area contributed by atoms with Crippen LogP contribution in [0.1, 0.15) is 15.9 Å². The van der Waals surface area contributed by atoms with Crippen LogP contribution in [0.5, 0.6) is 11.5 Å². The molecule has 3 rings (SSSR count). The fourth-order valence-corrected chi connectivity index (χ4v) is 4.40. The van der Waals surface area contributed by atoms with Crippen molar-refractivity contribution in [3.8, 4) is 11.5 Å². The van der Waals surface area contributed by atoms with E-state index >= 15 is 0 Å². The predicted molar refractivity (Wildman–Crippen MR) is 124 cm³/mol. The smallest absolute Gasteiger partial charge is 0.255 e. The van der Waals surface area contributed by atoms with Crippen LogP contribution in [0.2, 0.25) is 5.02 Å². The van der Waals surface area contributed by atoms with E-state index in [0.717, 1.165) is 5.56 Å². The van der Waals surface area contributed by atoms with Crippen molar-refractivity contribution in [1.82, 2.24) is 4.31 Å². The first kappa shape index (κ1) is 23.6. The molecule has 1 amide bonds. The highest BCUT2D eigenvalue weighted by molar-refractivity contribution is 7.89. The number of sulfonamides is 1. The number of hydrogen-bond donors (Lipinski definition) is 1. The number of benzene rings is 3. The van der Waals surface area contributed by atoms with Gasteiger partial charge in [-0.15, -0.1) is 0 Å². The van der Waals surface area contributed by atoms with Gasteiger partial charge in [-0.25, -0.2) is 8.42 Å². The first-order chi connectivity index (χ1) is 15.2. The predicted octanol–water partition coefficient (Wildman–Crippen LogP) is 4.43. The second-order valence-corrected chi connectivity index (χ2v) is 9.42. The molecule has 0 saturated carbocycles. The van der Waals surface area contributed by atoms with E-state index in [-0.39, 0.29) is 17.1 Å². The van der Waals surface area contributed by atoms with E-state index in [2.05, 4.69) is 5.32 Å². The van der Waals surface area contributed by atoms with E-state index in [0.29, 0.717) is 22.1 Å². The van der Waals surface area contributed by atoms with Gasteiger partial charge in [-0.2, -0.15) is 4.31 Å². The molecule has 0 saturated heterocycles.